The van der Waals surface area contributed by atoms with Gasteiger partial charge in [-0.15, -0.1) is 0 Å². The van der Waals surface area contributed by atoms with Crippen LogP contribution in [0.1, 0.15) is 15.9 Å². The molecule has 20 heavy (non-hydrogen) atoms. The fourth-order valence-electron chi connectivity index (χ4n) is 2.08. The normalized spacial score (nSPS) is 10.9. The smallest absolute Gasteiger partial charge is 0.195 e. The fraction of sp³-hybridized carbons (Fsp3) is 0. The number of rotatable bonds is 2. The van der Waals surface area contributed by atoms with Crippen LogP contribution in [0.4, 0.5) is 4.39 Å². The molecule has 0 aliphatic heterocycles. The predicted molar refractivity (Wildman–Crippen MR) is 80.8 cm³/mol. The Bertz CT molecular complexity index is 828. The van der Waals surface area contributed by atoms with Crippen molar-refractivity contribution in [3.8, 4) is 0 Å². The SMILES string of the molecule is O=C(c1ccc(Br)c(Cl)c1)c1c[nH]c2cc(F)ccc12. The molecular weight excluding hydrogens is 345 g/mol. The third-order valence-electron chi connectivity index (χ3n) is 3.07. The topological polar surface area (TPSA) is 32.9 Å². The number of aromatic amines is 1. The van der Waals surface area contributed by atoms with Gasteiger partial charge < -0.3 is 4.98 Å². The number of nitrogens with one attached hydrogen (secondary N) is 1. The van der Waals surface area contributed by atoms with Gasteiger partial charge in [0.15, 0.2) is 5.78 Å². The van der Waals surface area contributed by atoms with Gasteiger partial charge in [-0.25, -0.2) is 4.39 Å². The van der Waals surface area contributed by atoms with Gasteiger partial charge in [-0.1, -0.05) is 11.6 Å². The molecule has 0 fully saturated rings. The molecule has 0 bridgehead atoms. The molecule has 0 aliphatic rings. The summed E-state index contributed by atoms with van der Waals surface area (Å²) in [7, 11) is 0. The molecule has 3 aromatic rings. The summed E-state index contributed by atoms with van der Waals surface area (Å²) >= 11 is 9.29. The van der Waals surface area contributed by atoms with Crippen LogP contribution in [-0.2, 0) is 0 Å². The summed E-state index contributed by atoms with van der Waals surface area (Å²) in [5, 5.41) is 1.16. The summed E-state index contributed by atoms with van der Waals surface area (Å²) in [6, 6.07) is 9.32. The molecule has 3 rings (SSSR count). The third kappa shape index (κ3) is 2.25. The molecule has 1 aromatic heterocycles. The van der Waals surface area contributed by atoms with Gasteiger partial charge >= 0.3 is 0 Å². The maximum Gasteiger partial charge on any atom is 0.195 e. The third-order valence-corrected chi connectivity index (χ3v) is 4.30. The average molecular weight is 353 g/mol. The fourth-order valence-corrected chi connectivity index (χ4v) is 2.51. The molecule has 100 valence electrons. The van der Waals surface area contributed by atoms with Crippen LogP contribution in [0.2, 0.25) is 5.02 Å². The van der Waals surface area contributed by atoms with E-state index < -0.39 is 0 Å². The average Bonchev–Trinajstić information content (AvgIpc) is 2.84. The molecule has 0 radical (unpaired) electrons. The summed E-state index contributed by atoms with van der Waals surface area (Å²) in [6.45, 7) is 0. The number of carbonyl (C=O) groups excluding carboxylic acids is 1. The number of benzene rings is 2. The van der Waals surface area contributed by atoms with Crippen LogP contribution in [0, 0.1) is 5.82 Å². The van der Waals surface area contributed by atoms with Crippen LogP contribution in [0.25, 0.3) is 10.9 Å². The lowest BCUT2D eigenvalue weighted by Crippen LogP contribution is -2.00. The highest BCUT2D eigenvalue weighted by Crippen LogP contribution is 2.26. The zero-order chi connectivity index (χ0) is 14.3. The molecule has 5 heteroatoms. The maximum absolute atomic E-state index is 13.1. The van der Waals surface area contributed by atoms with E-state index in [1.54, 1.807) is 30.5 Å². The van der Waals surface area contributed by atoms with Crippen LogP contribution in [0.3, 0.4) is 0 Å². The van der Waals surface area contributed by atoms with E-state index in [1.807, 2.05) is 0 Å². The highest BCUT2D eigenvalue weighted by molar-refractivity contribution is 9.10. The molecule has 2 nitrogen and oxygen atoms in total. The van der Waals surface area contributed by atoms with Crippen molar-refractivity contribution < 1.29 is 9.18 Å². The maximum atomic E-state index is 13.1. The first kappa shape index (κ1) is 13.3. The second-order valence-electron chi connectivity index (χ2n) is 4.35. The number of hydrogen-bond donors (Lipinski definition) is 1. The Hall–Kier alpha value is -1.65. The van der Waals surface area contributed by atoms with E-state index in [2.05, 4.69) is 20.9 Å². The van der Waals surface area contributed by atoms with Crippen molar-refractivity contribution in [3.05, 3.63) is 69.0 Å². The van der Waals surface area contributed by atoms with Crippen LogP contribution in [-0.4, -0.2) is 10.8 Å². The van der Waals surface area contributed by atoms with Gasteiger partial charge in [0, 0.05) is 32.7 Å². The van der Waals surface area contributed by atoms with E-state index in [0.717, 1.165) is 4.47 Å². The van der Waals surface area contributed by atoms with E-state index in [0.29, 0.717) is 27.1 Å². The van der Waals surface area contributed by atoms with E-state index >= 15 is 0 Å². The van der Waals surface area contributed by atoms with Gasteiger partial charge in [0.25, 0.3) is 0 Å². The van der Waals surface area contributed by atoms with Gasteiger partial charge in [-0.05, 0) is 52.3 Å². The predicted octanol–water partition coefficient (Wildman–Crippen LogP) is 4.95. The van der Waals surface area contributed by atoms with Gasteiger partial charge in [0.2, 0.25) is 0 Å². The number of aromatic nitrogens is 1. The second kappa shape index (κ2) is 5.04. The van der Waals surface area contributed by atoms with Crippen molar-refractivity contribution in [3.63, 3.8) is 0 Å². The molecule has 0 unspecified atom stereocenters. The molecule has 2 aromatic carbocycles. The van der Waals surface area contributed by atoms with Gasteiger partial charge in [0.05, 0.1) is 5.02 Å². The largest absolute Gasteiger partial charge is 0.360 e. The first-order valence-corrected chi connectivity index (χ1v) is 7.00. The molecule has 1 heterocycles. The number of H-pyrrole nitrogens is 1. The van der Waals surface area contributed by atoms with Crippen molar-refractivity contribution in [2.75, 3.05) is 0 Å². The number of halogens is 3. The van der Waals surface area contributed by atoms with Gasteiger partial charge in [-0.2, -0.15) is 0 Å². The lowest BCUT2D eigenvalue weighted by atomic mass is 10.0. The minimum absolute atomic E-state index is 0.155. The monoisotopic (exact) mass is 351 g/mol. The Morgan fingerprint density at radius 3 is 2.75 bits per heavy atom. The van der Waals surface area contributed by atoms with Crippen molar-refractivity contribution in [2.45, 2.75) is 0 Å². The number of ketones is 1. The van der Waals surface area contributed by atoms with E-state index in [4.69, 9.17) is 11.6 Å². The highest BCUT2D eigenvalue weighted by atomic mass is 79.9. The molecule has 0 aliphatic carbocycles. The van der Waals surface area contributed by atoms with Crippen LogP contribution < -0.4 is 0 Å². The first-order chi connectivity index (χ1) is 9.56. The van der Waals surface area contributed by atoms with Crippen molar-refractivity contribution in [1.29, 1.82) is 0 Å². The molecule has 0 spiro atoms. The van der Waals surface area contributed by atoms with Crippen molar-refractivity contribution in [2.24, 2.45) is 0 Å². The lowest BCUT2D eigenvalue weighted by molar-refractivity contribution is 0.104. The Morgan fingerprint density at radius 1 is 1.20 bits per heavy atom. The minimum Gasteiger partial charge on any atom is -0.360 e. The van der Waals surface area contributed by atoms with Crippen LogP contribution >= 0.6 is 27.5 Å². The van der Waals surface area contributed by atoms with E-state index in [9.17, 15) is 9.18 Å². The van der Waals surface area contributed by atoms with Gasteiger partial charge in [-0.3, -0.25) is 4.79 Å². The number of fused-ring (bicyclic) bond motifs is 1. The highest BCUT2D eigenvalue weighted by Gasteiger charge is 2.15. The summed E-state index contributed by atoms with van der Waals surface area (Å²) in [5.41, 5.74) is 1.58. The summed E-state index contributed by atoms with van der Waals surface area (Å²) in [5.74, 6) is -0.498. The molecule has 1 N–H and O–H groups in total. The Kier molecular flexibility index (Phi) is 3.36. The number of hydrogen-bond acceptors (Lipinski definition) is 1. The Labute approximate surface area is 127 Å². The molecule has 0 saturated heterocycles. The zero-order valence-electron chi connectivity index (χ0n) is 10.1. The first-order valence-electron chi connectivity index (χ1n) is 5.82. The summed E-state index contributed by atoms with van der Waals surface area (Å²) in [4.78, 5) is 15.4. The zero-order valence-corrected chi connectivity index (χ0v) is 12.4. The number of carbonyl (C=O) groups is 1. The van der Waals surface area contributed by atoms with Crippen molar-refractivity contribution in [1.82, 2.24) is 4.98 Å². The Morgan fingerprint density at radius 2 is 2.00 bits per heavy atom. The molecular formula is C15H8BrClFNO. The summed E-state index contributed by atoms with van der Waals surface area (Å²) < 4.78 is 13.9. The standard InChI is InChI=1S/C15H8BrClFNO/c16-12-4-1-8(5-13(12)17)15(20)11-7-19-14-6-9(18)2-3-10(11)14/h1-7,19H. The molecule has 0 amide bonds. The van der Waals surface area contributed by atoms with Crippen LogP contribution in [0.5, 0.6) is 0 Å². The second-order valence-corrected chi connectivity index (χ2v) is 5.61. The van der Waals surface area contributed by atoms with E-state index in [1.165, 1.54) is 12.1 Å². The van der Waals surface area contributed by atoms with Crippen molar-refractivity contribution >= 4 is 44.2 Å². The van der Waals surface area contributed by atoms with E-state index in [-0.39, 0.29) is 11.6 Å². The van der Waals surface area contributed by atoms with Gasteiger partial charge in [0.1, 0.15) is 5.82 Å². The van der Waals surface area contributed by atoms with Crippen LogP contribution in [0.15, 0.2) is 47.1 Å². The summed E-state index contributed by atoms with van der Waals surface area (Å²) in [6.07, 6.45) is 1.59. The Balaban J connectivity index is 2.10. The molecule has 0 atom stereocenters. The minimum atomic E-state index is -0.343. The quantitative estimate of drug-likeness (QED) is 0.650. The lowest BCUT2D eigenvalue weighted by Gasteiger charge is -2.02. The molecule has 0 saturated carbocycles.